The molecule has 0 bridgehead atoms. The molecule has 3 nitrogen and oxygen atoms in total. The van der Waals surface area contributed by atoms with Gasteiger partial charge >= 0.3 is 0 Å². The molecule has 0 spiro atoms. The molecule has 4 heteroatoms. The zero-order chi connectivity index (χ0) is 11.7. The minimum Gasteiger partial charge on any atom is -0.374 e. The van der Waals surface area contributed by atoms with Crippen LogP contribution in [0.25, 0.3) is 0 Å². The summed E-state index contributed by atoms with van der Waals surface area (Å²) in [7, 11) is 0. The van der Waals surface area contributed by atoms with Gasteiger partial charge in [0, 0.05) is 0 Å². The van der Waals surface area contributed by atoms with Gasteiger partial charge in [-0.05, 0) is 24.3 Å². The first kappa shape index (κ1) is 10.3. The summed E-state index contributed by atoms with van der Waals surface area (Å²) >= 11 is 1.33. The number of nitrogens with zero attached hydrogens (tertiary/aromatic N) is 2. The molecule has 1 fully saturated rings. The van der Waals surface area contributed by atoms with Gasteiger partial charge in [0.2, 0.25) is 5.13 Å². The van der Waals surface area contributed by atoms with Crippen molar-refractivity contribution in [1.82, 2.24) is 10.2 Å². The van der Waals surface area contributed by atoms with E-state index < -0.39 is 0 Å². The first-order valence-electron chi connectivity index (χ1n) is 5.46. The number of rotatable bonds is 1. The van der Waals surface area contributed by atoms with Crippen LogP contribution in [0.3, 0.4) is 0 Å². The Bertz CT molecular complexity index is 588. The molecule has 1 saturated carbocycles. The molecule has 1 aromatic heterocycles. The Labute approximate surface area is 104 Å². The van der Waals surface area contributed by atoms with Gasteiger partial charge in [0.1, 0.15) is 0 Å². The predicted molar refractivity (Wildman–Crippen MR) is 68.6 cm³/mol. The van der Waals surface area contributed by atoms with E-state index in [2.05, 4.69) is 46.3 Å². The number of nitrogens with two attached hydrogens (primary N) is 1. The Morgan fingerprint density at radius 1 is 1.18 bits per heavy atom. The lowest BCUT2D eigenvalue weighted by Gasteiger charge is -2.06. The molecule has 0 radical (unpaired) electrons. The van der Waals surface area contributed by atoms with Crippen LogP contribution in [0, 0.1) is 11.8 Å². The summed E-state index contributed by atoms with van der Waals surface area (Å²) in [5.74, 6) is 6.40. The number of hydrogen-bond acceptors (Lipinski definition) is 4. The number of hydrogen-bond donors (Lipinski definition) is 1. The highest BCUT2D eigenvalue weighted by Gasteiger charge is 2.42. The fraction of sp³-hybridized carbons (Fsp3) is 0.231. The highest BCUT2D eigenvalue weighted by Crippen LogP contribution is 2.47. The van der Waals surface area contributed by atoms with Crippen molar-refractivity contribution in [3.8, 4) is 11.8 Å². The molecular formula is C13H11N3S. The average Bonchev–Trinajstić information content (AvgIpc) is 3.05. The number of anilines is 1. The van der Waals surface area contributed by atoms with Gasteiger partial charge in [-0.15, -0.1) is 10.2 Å². The van der Waals surface area contributed by atoms with Crippen LogP contribution in [-0.2, 0) is 5.41 Å². The Hall–Kier alpha value is -1.86. The lowest BCUT2D eigenvalue weighted by atomic mass is 9.97. The Morgan fingerprint density at radius 2 is 1.94 bits per heavy atom. The molecule has 0 atom stereocenters. The Kier molecular flexibility index (Phi) is 2.34. The maximum atomic E-state index is 5.52. The smallest absolute Gasteiger partial charge is 0.203 e. The van der Waals surface area contributed by atoms with Crippen molar-refractivity contribution in [3.63, 3.8) is 0 Å². The summed E-state index contributed by atoms with van der Waals surface area (Å²) in [5.41, 5.74) is 6.86. The quantitative estimate of drug-likeness (QED) is 0.779. The summed E-state index contributed by atoms with van der Waals surface area (Å²) in [6.07, 6.45) is 2.25. The fourth-order valence-electron chi connectivity index (χ4n) is 1.83. The van der Waals surface area contributed by atoms with Crippen LogP contribution in [0.5, 0.6) is 0 Å². The first-order valence-corrected chi connectivity index (χ1v) is 6.28. The molecular weight excluding hydrogens is 230 g/mol. The van der Waals surface area contributed by atoms with Crippen LogP contribution >= 0.6 is 11.3 Å². The van der Waals surface area contributed by atoms with Gasteiger partial charge in [-0.2, -0.15) is 0 Å². The first-order chi connectivity index (χ1) is 8.28. The lowest BCUT2D eigenvalue weighted by molar-refractivity contribution is 0.929. The number of nitrogen functional groups attached to an aromatic ring is 1. The molecule has 1 aliphatic carbocycles. The van der Waals surface area contributed by atoms with Crippen LogP contribution in [0.1, 0.15) is 23.4 Å². The second-order valence-corrected chi connectivity index (χ2v) is 5.15. The van der Waals surface area contributed by atoms with E-state index in [-0.39, 0.29) is 5.41 Å². The number of benzene rings is 1. The van der Waals surface area contributed by atoms with E-state index in [1.54, 1.807) is 0 Å². The molecule has 2 aromatic rings. The van der Waals surface area contributed by atoms with Crippen molar-refractivity contribution < 1.29 is 0 Å². The maximum absolute atomic E-state index is 5.52. The second-order valence-electron chi connectivity index (χ2n) is 4.14. The van der Waals surface area contributed by atoms with E-state index in [9.17, 15) is 0 Å². The summed E-state index contributed by atoms with van der Waals surface area (Å²) in [6, 6.07) is 10.4. The standard InChI is InChI=1S/C13H11N3S/c14-12-16-15-11(17-12)6-7-13(8-9-13)10-4-2-1-3-5-10/h1-5H,8-9H2,(H2,14,16). The van der Waals surface area contributed by atoms with Gasteiger partial charge in [0.25, 0.3) is 0 Å². The third kappa shape index (κ3) is 2.02. The highest BCUT2D eigenvalue weighted by molar-refractivity contribution is 7.15. The third-order valence-corrected chi connectivity index (χ3v) is 3.59. The fourth-order valence-corrected chi connectivity index (χ4v) is 2.29. The van der Waals surface area contributed by atoms with Crippen LogP contribution in [-0.4, -0.2) is 10.2 Å². The van der Waals surface area contributed by atoms with Gasteiger partial charge in [0.15, 0.2) is 5.01 Å². The summed E-state index contributed by atoms with van der Waals surface area (Å²) in [6.45, 7) is 0. The molecule has 0 unspecified atom stereocenters. The monoisotopic (exact) mass is 241 g/mol. The zero-order valence-electron chi connectivity index (χ0n) is 9.18. The van der Waals surface area contributed by atoms with Crippen molar-refractivity contribution in [2.75, 3.05) is 5.73 Å². The molecule has 3 rings (SSSR count). The minimum absolute atomic E-state index is 0.0433. The molecule has 1 aliphatic rings. The van der Waals surface area contributed by atoms with Crippen molar-refractivity contribution in [2.24, 2.45) is 0 Å². The van der Waals surface area contributed by atoms with Gasteiger partial charge < -0.3 is 5.73 Å². The summed E-state index contributed by atoms with van der Waals surface area (Å²) in [5, 5.41) is 8.83. The van der Waals surface area contributed by atoms with E-state index in [0.717, 1.165) is 12.8 Å². The largest absolute Gasteiger partial charge is 0.374 e. The normalized spacial score (nSPS) is 16.0. The molecule has 0 aliphatic heterocycles. The zero-order valence-corrected chi connectivity index (χ0v) is 10.00. The summed E-state index contributed by atoms with van der Waals surface area (Å²) in [4.78, 5) is 0. The van der Waals surface area contributed by atoms with Gasteiger partial charge in [-0.1, -0.05) is 47.6 Å². The highest BCUT2D eigenvalue weighted by atomic mass is 32.1. The molecule has 2 N–H and O–H groups in total. The topological polar surface area (TPSA) is 51.8 Å². The van der Waals surface area contributed by atoms with Crippen molar-refractivity contribution in [2.45, 2.75) is 18.3 Å². The lowest BCUT2D eigenvalue weighted by Crippen LogP contribution is -2.02. The molecule has 0 saturated heterocycles. The van der Waals surface area contributed by atoms with Gasteiger partial charge in [-0.25, -0.2) is 0 Å². The Morgan fingerprint density at radius 3 is 2.53 bits per heavy atom. The van der Waals surface area contributed by atoms with Gasteiger partial charge in [-0.3, -0.25) is 0 Å². The minimum atomic E-state index is 0.0433. The average molecular weight is 241 g/mol. The van der Waals surface area contributed by atoms with E-state index in [1.807, 2.05) is 6.07 Å². The van der Waals surface area contributed by atoms with E-state index in [0.29, 0.717) is 10.1 Å². The third-order valence-electron chi connectivity index (χ3n) is 2.93. The van der Waals surface area contributed by atoms with E-state index in [4.69, 9.17) is 5.73 Å². The summed E-state index contributed by atoms with van der Waals surface area (Å²) < 4.78 is 0. The van der Waals surface area contributed by atoms with Crippen molar-refractivity contribution >= 4 is 16.5 Å². The van der Waals surface area contributed by atoms with Crippen LogP contribution in [0.15, 0.2) is 30.3 Å². The SMILES string of the molecule is Nc1nnc(C#CC2(c3ccccc3)CC2)s1. The van der Waals surface area contributed by atoms with Crippen molar-refractivity contribution in [3.05, 3.63) is 40.9 Å². The van der Waals surface area contributed by atoms with Crippen LogP contribution in [0.2, 0.25) is 0 Å². The van der Waals surface area contributed by atoms with Crippen LogP contribution in [0.4, 0.5) is 5.13 Å². The van der Waals surface area contributed by atoms with Gasteiger partial charge in [0.05, 0.1) is 5.41 Å². The van der Waals surface area contributed by atoms with Crippen molar-refractivity contribution in [1.29, 1.82) is 0 Å². The molecule has 0 amide bonds. The Balaban J connectivity index is 1.89. The van der Waals surface area contributed by atoms with E-state index in [1.165, 1.54) is 16.9 Å². The van der Waals surface area contributed by atoms with Crippen LogP contribution < -0.4 is 5.73 Å². The van der Waals surface area contributed by atoms with E-state index >= 15 is 0 Å². The second kappa shape index (κ2) is 3.86. The molecule has 17 heavy (non-hydrogen) atoms. The molecule has 84 valence electrons. The molecule has 1 heterocycles. The number of aromatic nitrogens is 2. The molecule has 1 aromatic carbocycles. The maximum Gasteiger partial charge on any atom is 0.203 e. The predicted octanol–water partition coefficient (Wildman–Crippen LogP) is 2.20.